The van der Waals surface area contributed by atoms with E-state index in [2.05, 4.69) is 0 Å². The summed E-state index contributed by atoms with van der Waals surface area (Å²) in [5.74, 6) is -1.25. The van der Waals surface area contributed by atoms with Crippen LogP contribution in [-0.4, -0.2) is 32.7 Å². The first-order chi connectivity index (χ1) is 7.89. The van der Waals surface area contributed by atoms with Crippen LogP contribution < -0.4 is 9.47 Å². The van der Waals surface area contributed by atoms with E-state index in [0.29, 0.717) is 0 Å². The molecule has 0 radical (unpaired) electrons. The second-order valence-corrected chi connectivity index (χ2v) is 5.78. The molecule has 0 unspecified atom stereocenters. The van der Waals surface area contributed by atoms with E-state index in [1.807, 2.05) is 0 Å². The summed E-state index contributed by atoms with van der Waals surface area (Å²) in [6.07, 6.45) is 0. The van der Waals surface area contributed by atoms with Gasteiger partial charge in [-0.3, -0.25) is 0 Å². The maximum atomic E-state index is 11.3. The van der Waals surface area contributed by atoms with Crippen LogP contribution >= 0.6 is 10.7 Å². The summed E-state index contributed by atoms with van der Waals surface area (Å²) < 4.78 is 32.9. The Morgan fingerprint density at radius 3 is 2.53 bits per heavy atom. The van der Waals surface area contributed by atoms with Crippen LogP contribution in [0.25, 0.3) is 0 Å². The van der Waals surface area contributed by atoms with Crippen molar-refractivity contribution in [3.8, 4) is 11.5 Å². The lowest BCUT2D eigenvalue weighted by Crippen LogP contribution is -2.18. The van der Waals surface area contributed by atoms with Gasteiger partial charge in [0.05, 0.1) is 5.56 Å². The number of benzene rings is 1. The zero-order chi connectivity index (χ0) is 12.6. The molecule has 1 aliphatic rings. The predicted molar refractivity (Wildman–Crippen MR) is 57.4 cm³/mol. The van der Waals surface area contributed by atoms with E-state index < -0.39 is 19.9 Å². The Balaban J connectivity index is 2.71. The van der Waals surface area contributed by atoms with Gasteiger partial charge in [-0.05, 0) is 12.1 Å². The molecule has 0 saturated heterocycles. The van der Waals surface area contributed by atoms with Crippen LogP contribution in [0.5, 0.6) is 11.5 Å². The van der Waals surface area contributed by atoms with Gasteiger partial charge in [0.25, 0.3) is 9.05 Å². The number of aromatic carboxylic acids is 1. The van der Waals surface area contributed by atoms with Gasteiger partial charge in [-0.2, -0.15) is 0 Å². The highest BCUT2D eigenvalue weighted by atomic mass is 35.7. The molecule has 0 saturated carbocycles. The van der Waals surface area contributed by atoms with Gasteiger partial charge in [-0.25, -0.2) is 13.2 Å². The van der Waals surface area contributed by atoms with Gasteiger partial charge >= 0.3 is 5.97 Å². The summed E-state index contributed by atoms with van der Waals surface area (Å²) in [6, 6.07) is 2.14. The number of rotatable bonds is 2. The van der Waals surface area contributed by atoms with Crippen LogP contribution in [0, 0.1) is 0 Å². The number of carboxylic acid groups (broad SMARTS) is 1. The molecular formula is C9H7ClO6S. The summed E-state index contributed by atoms with van der Waals surface area (Å²) in [6.45, 7) is 0.399. The minimum absolute atomic E-state index is 0.0451. The van der Waals surface area contributed by atoms with Crippen LogP contribution in [0.15, 0.2) is 17.0 Å². The Morgan fingerprint density at radius 2 is 1.94 bits per heavy atom. The number of ether oxygens (including phenoxy) is 2. The van der Waals surface area contributed by atoms with Crippen molar-refractivity contribution in [1.82, 2.24) is 0 Å². The van der Waals surface area contributed by atoms with Crippen molar-refractivity contribution in [3.63, 3.8) is 0 Å². The Hall–Kier alpha value is -1.47. The highest BCUT2D eigenvalue weighted by Gasteiger charge is 2.26. The molecule has 17 heavy (non-hydrogen) atoms. The van der Waals surface area contributed by atoms with E-state index in [-0.39, 0.29) is 30.3 Å². The fraction of sp³-hybridized carbons (Fsp3) is 0.222. The summed E-state index contributed by atoms with van der Waals surface area (Å²) in [5, 5.41) is 8.84. The average Bonchev–Trinajstić information content (AvgIpc) is 2.26. The third-order valence-corrected chi connectivity index (χ3v) is 3.45. The molecule has 1 N–H and O–H groups in total. The van der Waals surface area contributed by atoms with E-state index in [9.17, 15) is 13.2 Å². The average molecular weight is 279 g/mol. The lowest BCUT2D eigenvalue weighted by atomic mass is 10.2. The largest absolute Gasteiger partial charge is 0.486 e. The molecule has 1 aliphatic heterocycles. The fourth-order valence-corrected chi connectivity index (χ4v) is 2.42. The Bertz CT molecular complexity index is 579. The highest BCUT2D eigenvalue weighted by molar-refractivity contribution is 8.13. The number of halogens is 1. The fourth-order valence-electron chi connectivity index (χ4n) is 1.43. The molecule has 2 rings (SSSR count). The summed E-state index contributed by atoms with van der Waals surface area (Å²) in [7, 11) is 1.12. The Labute approximate surface area is 101 Å². The van der Waals surface area contributed by atoms with Crippen molar-refractivity contribution in [2.24, 2.45) is 0 Å². The topological polar surface area (TPSA) is 89.9 Å². The SMILES string of the molecule is O=C(O)c1cc2c(c(S(=O)(=O)Cl)c1)OCCO2. The van der Waals surface area contributed by atoms with Crippen LogP contribution in [0.1, 0.15) is 10.4 Å². The molecule has 1 heterocycles. The van der Waals surface area contributed by atoms with Crippen molar-refractivity contribution in [1.29, 1.82) is 0 Å². The zero-order valence-corrected chi connectivity index (χ0v) is 9.92. The highest BCUT2D eigenvalue weighted by Crippen LogP contribution is 2.39. The van der Waals surface area contributed by atoms with Crippen LogP contribution in [0.4, 0.5) is 0 Å². The number of carboxylic acids is 1. The second-order valence-electron chi connectivity index (χ2n) is 3.24. The molecule has 8 heteroatoms. The molecule has 0 atom stereocenters. The van der Waals surface area contributed by atoms with Gasteiger partial charge in [0.2, 0.25) is 0 Å². The van der Waals surface area contributed by atoms with Crippen molar-refractivity contribution in [2.75, 3.05) is 13.2 Å². The molecule has 0 spiro atoms. The van der Waals surface area contributed by atoms with Gasteiger partial charge in [0.15, 0.2) is 11.5 Å². The second kappa shape index (κ2) is 4.08. The quantitative estimate of drug-likeness (QED) is 0.814. The molecule has 0 aromatic heterocycles. The Kier molecular flexibility index (Phi) is 2.88. The van der Waals surface area contributed by atoms with Crippen molar-refractivity contribution >= 4 is 25.7 Å². The molecule has 0 fully saturated rings. The minimum atomic E-state index is -4.10. The van der Waals surface area contributed by atoms with E-state index >= 15 is 0 Å². The summed E-state index contributed by atoms with van der Waals surface area (Å²) >= 11 is 0. The van der Waals surface area contributed by atoms with Crippen LogP contribution in [-0.2, 0) is 9.05 Å². The standard InChI is InChI=1S/C9H7ClO6S/c10-17(13,14)7-4-5(9(11)12)3-6-8(7)16-2-1-15-6/h3-4H,1-2H2,(H,11,12). The molecule has 1 aromatic rings. The van der Waals surface area contributed by atoms with E-state index in [1.165, 1.54) is 6.07 Å². The van der Waals surface area contributed by atoms with E-state index in [0.717, 1.165) is 6.07 Å². The first-order valence-electron chi connectivity index (χ1n) is 4.51. The molecule has 92 valence electrons. The van der Waals surface area contributed by atoms with Gasteiger partial charge < -0.3 is 14.6 Å². The maximum Gasteiger partial charge on any atom is 0.335 e. The maximum absolute atomic E-state index is 11.3. The van der Waals surface area contributed by atoms with Gasteiger partial charge in [-0.1, -0.05) is 0 Å². The van der Waals surface area contributed by atoms with Gasteiger partial charge in [0.1, 0.15) is 18.1 Å². The molecule has 0 bridgehead atoms. The third-order valence-electron chi connectivity index (χ3n) is 2.12. The minimum Gasteiger partial charge on any atom is -0.486 e. The van der Waals surface area contributed by atoms with E-state index in [1.54, 1.807) is 0 Å². The zero-order valence-electron chi connectivity index (χ0n) is 8.34. The van der Waals surface area contributed by atoms with E-state index in [4.69, 9.17) is 25.3 Å². The van der Waals surface area contributed by atoms with Crippen LogP contribution in [0.2, 0.25) is 0 Å². The number of hydrogen-bond donors (Lipinski definition) is 1. The molecule has 0 amide bonds. The van der Waals surface area contributed by atoms with Crippen molar-refractivity contribution in [2.45, 2.75) is 4.90 Å². The van der Waals surface area contributed by atoms with Crippen molar-refractivity contribution < 1.29 is 27.8 Å². The van der Waals surface area contributed by atoms with Crippen LogP contribution in [0.3, 0.4) is 0 Å². The monoisotopic (exact) mass is 278 g/mol. The van der Waals surface area contributed by atoms with Gasteiger partial charge in [0, 0.05) is 10.7 Å². The number of carbonyl (C=O) groups is 1. The third kappa shape index (κ3) is 2.29. The van der Waals surface area contributed by atoms with Gasteiger partial charge in [-0.15, -0.1) is 0 Å². The molecule has 6 nitrogen and oxygen atoms in total. The predicted octanol–water partition coefficient (Wildman–Crippen LogP) is 1.08. The summed E-state index contributed by atoms with van der Waals surface area (Å²) in [4.78, 5) is 10.4. The molecule has 0 aliphatic carbocycles. The smallest absolute Gasteiger partial charge is 0.335 e. The first kappa shape index (κ1) is 12.0. The molecular weight excluding hydrogens is 272 g/mol. The lowest BCUT2D eigenvalue weighted by Gasteiger charge is -2.20. The van der Waals surface area contributed by atoms with Crippen molar-refractivity contribution in [3.05, 3.63) is 17.7 Å². The first-order valence-corrected chi connectivity index (χ1v) is 6.82. The molecule has 1 aromatic carbocycles. The number of fused-ring (bicyclic) bond motifs is 1. The summed E-state index contributed by atoms with van der Waals surface area (Å²) in [5.41, 5.74) is -0.228. The lowest BCUT2D eigenvalue weighted by molar-refractivity contribution is 0.0695. The Morgan fingerprint density at radius 1 is 1.29 bits per heavy atom. The normalized spacial score (nSPS) is 14.4. The number of hydrogen-bond acceptors (Lipinski definition) is 5.